The Labute approximate surface area is 189 Å². The fourth-order valence-corrected chi connectivity index (χ4v) is 3.51. The largest absolute Gasteiger partial charge is 0.493 e. The summed E-state index contributed by atoms with van der Waals surface area (Å²) in [4.78, 5) is 13.3. The minimum atomic E-state index is -0.0127. The highest BCUT2D eigenvalue weighted by Gasteiger charge is 2.17. The van der Waals surface area contributed by atoms with Crippen molar-refractivity contribution in [2.24, 2.45) is 0 Å². The van der Waals surface area contributed by atoms with E-state index in [1.54, 1.807) is 40.6 Å². The highest BCUT2D eigenvalue weighted by atomic mass is 16.5. The SMILES string of the molecule is COc1ccc(CC(=O)c2cc(OC)c(OC)cc2C/C=C/c2ccccc2)cc1OC. The molecule has 0 N–H and O–H groups in total. The molecule has 3 rings (SSSR count). The lowest BCUT2D eigenvalue weighted by Gasteiger charge is -2.14. The van der Waals surface area contributed by atoms with E-state index < -0.39 is 0 Å². The Morgan fingerprint density at radius 1 is 0.750 bits per heavy atom. The van der Waals surface area contributed by atoms with Gasteiger partial charge in [0.25, 0.3) is 0 Å². The Kier molecular flexibility index (Phi) is 7.92. The van der Waals surface area contributed by atoms with Gasteiger partial charge in [-0.05, 0) is 47.4 Å². The summed E-state index contributed by atoms with van der Waals surface area (Å²) in [5, 5.41) is 0. The molecule has 0 heterocycles. The van der Waals surface area contributed by atoms with Crippen molar-refractivity contribution in [1.29, 1.82) is 0 Å². The zero-order chi connectivity index (χ0) is 22.9. The van der Waals surface area contributed by atoms with Crippen LogP contribution in [0.5, 0.6) is 23.0 Å². The van der Waals surface area contributed by atoms with Gasteiger partial charge in [-0.3, -0.25) is 4.79 Å². The Bertz CT molecular complexity index is 1090. The number of hydrogen-bond donors (Lipinski definition) is 0. The molecule has 5 nitrogen and oxygen atoms in total. The van der Waals surface area contributed by atoms with Crippen LogP contribution in [0.25, 0.3) is 6.08 Å². The van der Waals surface area contributed by atoms with E-state index in [1.165, 1.54) is 0 Å². The van der Waals surface area contributed by atoms with E-state index in [-0.39, 0.29) is 12.2 Å². The first kappa shape index (κ1) is 22.9. The molecule has 0 saturated carbocycles. The smallest absolute Gasteiger partial charge is 0.167 e. The lowest BCUT2D eigenvalue weighted by atomic mass is 9.95. The molecular formula is C27H28O5. The van der Waals surface area contributed by atoms with Crippen LogP contribution in [-0.2, 0) is 12.8 Å². The predicted molar refractivity (Wildman–Crippen MR) is 126 cm³/mol. The second-order valence-electron chi connectivity index (χ2n) is 7.17. The molecule has 0 aliphatic heterocycles. The number of carbonyl (C=O) groups is 1. The number of ketones is 1. The minimum Gasteiger partial charge on any atom is -0.493 e. The highest BCUT2D eigenvalue weighted by molar-refractivity contribution is 5.99. The van der Waals surface area contributed by atoms with Gasteiger partial charge >= 0.3 is 0 Å². The predicted octanol–water partition coefficient (Wildman–Crippen LogP) is 5.40. The molecule has 0 spiro atoms. The van der Waals surface area contributed by atoms with Crippen molar-refractivity contribution in [3.63, 3.8) is 0 Å². The van der Waals surface area contributed by atoms with E-state index in [9.17, 15) is 4.79 Å². The number of Topliss-reactive ketones (excluding diaryl/α,β-unsaturated/α-hetero) is 1. The molecule has 32 heavy (non-hydrogen) atoms. The summed E-state index contributed by atoms with van der Waals surface area (Å²) in [6.07, 6.45) is 4.90. The van der Waals surface area contributed by atoms with Crippen LogP contribution in [0.4, 0.5) is 0 Å². The topological polar surface area (TPSA) is 54.0 Å². The van der Waals surface area contributed by atoms with Gasteiger partial charge in [-0.15, -0.1) is 0 Å². The van der Waals surface area contributed by atoms with Gasteiger partial charge in [0, 0.05) is 12.0 Å². The standard InChI is InChI=1S/C27H28O5/c1-29-24-14-13-20(16-25(24)30-2)15-23(28)22-18-27(32-4)26(31-3)17-21(22)12-8-11-19-9-6-5-7-10-19/h5-11,13-14,16-18H,12,15H2,1-4H3/b11-8+. The van der Waals surface area contributed by atoms with Crippen LogP contribution in [0, 0.1) is 0 Å². The van der Waals surface area contributed by atoms with Crippen LogP contribution in [0.15, 0.2) is 66.7 Å². The molecule has 0 saturated heterocycles. The molecule has 0 atom stereocenters. The minimum absolute atomic E-state index is 0.0127. The average molecular weight is 433 g/mol. The lowest BCUT2D eigenvalue weighted by molar-refractivity contribution is 0.0991. The number of ether oxygens (including phenoxy) is 4. The third kappa shape index (κ3) is 5.49. The normalized spacial score (nSPS) is 10.8. The number of hydrogen-bond acceptors (Lipinski definition) is 5. The molecule has 0 aromatic heterocycles. The molecule has 0 radical (unpaired) electrons. The summed E-state index contributed by atoms with van der Waals surface area (Å²) < 4.78 is 21.6. The van der Waals surface area contributed by atoms with E-state index in [0.717, 1.165) is 16.7 Å². The van der Waals surface area contributed by atoms with Gasteiger partial charge in [-0.25, -0.2) is 0 Å². The molecule has 3 aromatic rings. The van der Waals surface area contributed by atoms with Gasteiger partial charge in [0.2, 0.25) is 0 Å². The Balaban J connectivity index is 1.90. The van der Waals surface area contributed by atoms with E-state index in [2.05, 4.69) is 0 Å². The van der Waals surface area contributed by atoms with E-state index in [4.69, 9.17) is 18.9 Å². The maximum Gasteiger partial charge on any atom is 0.167 e. The van der Waals surface area contributed by atoms with E-state index in [0.29, 0.717) is 35.0 Å². The molecule has 0 bridgehead atoms. The number of methoxy groups -OCH3 is 4. The third-order valence-corrected chi connectivity index (χ3v) is 5.17. The number of allylic oxidation sites excluding steroid dienone is 1. The quantitative estimate of drug-likeness (QED) is 0.402. The zero-order valence-corrected chi connectivity index (χ0v) is 18.9. The van der Waals surface area contributed by atoms with Crippen LogP contribution < -0.4 is 18.9 Å². The average Bonchev–Trinajstić information content (AvgIpc) is 2.84. The maximum absolute atomic E-state index is 13.3. The van der Waals surface area contributed by atoms with Gasteiger partial charge in [0.05, 0.1) is 28.4 Å². The summed E-state index contributed by atoms with van der Waals surface area (Å²) in [7, 11) is 6.32. The van der Waals surface area contributed by atoms with Gasteiger partial charge in [-0.2, -0.15) is 0 Å². The third-order valence-electron chi connectivity index (χ3n) is 5.17. The van der Waals surface area contributed by atoms with Crippen LogP contribution >= 0.6 is 0 Å². The van der Waals surface area contributed by atoms with Crippen molar-refractivity contribution in [1.82, 2.24) is 0 Å². The molecule has 5 heteroatoms. The summed E-state index contributed by atoms with van der Waals surface area (Å²) in [5.41, 5.74) is 3.43. The van der Waals surface area contributed by atoms with Crippen molar-refractivity contribution in [2.75, 3.05) is 28.4 Å². The first-order valence-corrected chi connectivity index (χ1v) is 10.3. The Morgan fingerprint density at radius 2 is 1.38 bits per heavy atom. The van der Waals surface area contributed by atoms with Crippen molar-refractivity contribution in [3.05, 3.63) is 89.0 Å². The molecule has 0 aliphatic carbocycles. The van der Waals surface area contributed by atoms with Crippen LogP contribution in [0.3, 0.4) is 0 Å². The lowest BCUT2D eigenvalue weighted by Crippen LogP contribution is -2.09. The molecular weight excluding hydrogens is 404 g/mol. The fourth-order valence-electron chi connectivity index (χ4n) is 3.51. The zero-order valence-electron chi connectivity index (χ0n) is 18.9. The van der Waals surface area contributed by atoms with Crippen LogP contribution in [0.2, 0.25) is 0 Å². The monoisotopic (exact) mass is 432 g/mol. The second-order valence-corrected chi connectivity index (χ2v) is 7.17. The van der Waals surface area contributed by atoms with Crippen molar-refractivity contribution < 1.29 is 23.7 Å². The summed E-state index contributed by atoms with van der Waals surface area (Å²) in [6.45, 7) is 0. The van der Waals surface area contributed by atoms with Gasteiger partial charge in [0.1, 0.15) is 0 Å². The molecule has 0 amide bonds. The number of rotatable bonds is 10. The highest BCUT2D eigenvalue weighted by Crippen LogP contribution is 2.33. The Morgan fingerprint density at radius 3 is 2.03 bits per heavy atom. The molecule has 166 valence electrons. The molecule has 3 aromatic carbocycles. The summed E-state index contributed by atoms with van der Waals surface area (Å²) >= 11 is 0. The van der Waals surface area contributed by atoms with Gasteiger partial charge in [-0.1, -0.05) is 48.6 Å². The second kappa shape index (κ2) is 11.0. The first-order valence-electron chi connectivity index (χ1n) is 10.3. The molecule has 0 fully saturated rings. The van der Waals surface area contributed by atoms with Crippen molar-refractivity contribution in [2.45, 2.75) is 12.8 Å². The maximum atomic E-state index is 13.3. The van der Waals surface area contributed by atoms with Crippen LogP contribution in [-0.4, -0.2) is 34.2 Å². The van der Waals surface area contributed by atoms with Crippen molar-refractivity contribution >= 4 is 11.9 Å². The van der Waals surface area contributed by atoms with Gasteiger partial charge in [0.15, 0.2) is 28.8 Å². The molecule has 0 unspecified atom stereocenters. The van der Waals surface area contributed by atoms with Gasteiger partial charge < -0.3 is 18.9 Å². The summed E-state index contributed by atoms with van der Waals surface area (Å²) in [6, 6.07) is 19.2. The van der Waals surface area contributed by atoms with E-state index >= 15 is 0 Å². The van der Waals surface area contributed by atoms with Crippen molar-refractivity contribution in [3.8, 4) is 23.0 Å². The van der Waals surface area contributed by atoms with Crippen LogP contribution in [0.1, 0.15) is 27.0 Å². The first-order chi connectivity index (χ1) is 15.6. The van der Waals surface area contributed by atoms with E-state index in [1.807, 2.05) is 60.7 Å². The number of benzene rings is 3. The summed E-state index contributed by atoms with van der Waals surface area (Å²) in [5.74, 6) is 2.33. The molecule has 0 aliphatic rings. The Hall–Kier alpha value is -3.73. The number of carbonyl (C=O) groups excluding carboxylic acids is 1. The fraction of sp³-hybridized carbons (Fsp3) is 0.222.